The van der Waals surface area contributed by atoms with E-state index in [1.165, 1.54) is 6.07 Å². The summed E-state index contributed by atoms with van der Waals surface area (Å²) in [6, 6.07) is 2.13. The molecule has 16 heavy (non-hydrogen) atoms. The number of benzene rings is 1. The fourth-order valence-corrected chi connectivity index (χ4v) is 1.61. The minimum atomic E-state index is -1.46. The molecular formula is C12H14F3N. The average molecular weight is 229 g/mol. The van der Waals surface area contributed by atoms with Crippen LogP contribution in [-0.4, -0.2) is 6.54 Å². The Morgan fingerprint density at radius 1 is 1.31 bits per heavy atom. The minimum absolute atomic E-state index is 0.0776. The predicted molar refractivity (Wildman–Crippen MR) is 57.5 cm³/mol. The molecule has 0 aromatic heterocycles. The lowest BCUT2D eigenvalue weighted by atomic mass is 9.79. The van der Waals surface area contributed by atoms with Crippen molar-refractivity contribution in [1.82, 2.24) is 0 Å². The summed E-state index contributed by atoms with van der Waals surface area (Å²) in [6.07, 6.45) is 1.97. The molecule has 1 aromatic carbocycles. The molecule has 4 heteroatoms. The van der Waals surface area contributed by atoms with Gasteiger partial charge in [0.25, 0.3) is 0 Å². The van der Waals surface area contributed by atoms with E-state index in [1.807, 2.05) is 0 Å². The van der Waals surface area contributed by atoms with Gasteiger partial charge in [0.1, 0.15) is 0 Å². The van der Waals surface area contributed by atoms with Crippen LogP contribution in [-0.2, 0) is 5.41 Å². The molecule has 1 nitrogen and oxygen atoms in total. The highest BCUT2D eigenvalue weighted by molar-refractivity contribution is 5.29. The average Bonchev–Trinajstić information content (AvgIpc) is 2.26. The molecule has 0 aliphatic heterocycles. The van der Waals surface area contributed by atoms with Gasteiger partial charge < -0.3 is 5.73 Å². The van der Waals surface area contributed by atoms with Gasteiger partial charge in [-0.3, -0.25) is 0 Å². The Bertz CT molecular complexity index is 403. The highest BCUT2D eigenvalue weighted by Crippen LogP contribution is 2.30. The van der Waals surface area contributed by atoms with E-state index in [2.05, 4.69) is 6.58 Å². The Morgan fingerprint density at radius 2 is 1.94 bits per heavy atom. The molecule has 0 aliphatic carbocycles. The van der Waals surface area contributed by atoms with Crippen LogP contribution >= 0.6 is 0 Å². The number of rotatable bonds is 4. The first-order valence-corrected chi connectivity index (χ1v) is 4.91. The van der Waals surface area contributed by atoms with Crippen LogP contribution in [0.25, 0.3) is 0 Å². The van der Waals surface area contributed by atoms with Gasteiger partial charge in [0.05, 0.1) is 0 Å². The minimum Gasteiger partial charge on any atom is -0.330 e. The van der Waals surface area contributed by atoms with E-state index in [4.69, 9.17) is 5.73 Å². The number of nitrogens with two attached hydrogens (primary N) is 1. The van der Waals surface area contributed by atoms with E-state index in [1.54, 1.807) is 13.0 Å². The van der Waals surface area contributed by atoms with E-state index >= 15 is 0 Å². The molecule has 2 N–H and O–H groups in total. The third-order valence-electron chi connectivity index (χ3n) is 2.73. The monoisotopic (exact) mass is 229 g/mol. The van der Waals surface area contributed by atoms with Crippen LogP contribution in [0.4, 0.5) is 13.2 Å². The topological polar surface area (TPSA) is 26.0 Å². The Labute approximate surface area is 92.8 Å². The maximum Gasteiger partial charge on any atom is 0.194 e. The van der Waals surface area contributed by atoms with Gasteiger partial charge in [0.15, 0.2) is 17.5 Å². The number of allylic oxidation sites excluding steroid dienone is 1. The van der Waals surface area contributed by atoms with Gasteiger partial charge in [-0.1, -0.05) is 19.1 Å². The van der Waals surface area contributed by atoms with E-state index in [0.29, 0.717) is 6.42 Å². The Morgan fingerprint density at radius 3 is 2.44 bits per heavy atom. The SMILES string of the molecule is C=CCC(C)(CN)c1ccc(F)c(F)c1F. The van der Waals surface area contributed by atoms with Crippen molar-refractivity contribution >= 4 is 0 Å². The van der Waals surface area contributed by atoms with Crippen LogP contribution in [0.1, 0.15) is 18.9 Å². The largest absolute Gasteiger partial charge is 0.330 e. The van der Waals surface area contributed by atoms with Crippen molar-refractivity contribution < 1.29 is 13.2 Å². The van der Waals surface area contributed by atoms with E-state index in [9.17, 15) is 13.2 Å². The second-order valence-electron chi connectivity index (χ2n) is 3.98. The summed E-state index contributed by atoms with van der Waals surface area (Å²) in [4.78, 5) is 0. The van der Waals surface area contributed by atoms with Crippen molar-refractivity contribution in [2.24, 2.45) is 5.73 Å². The molecule has 0 radical (unpaired) electrons. The summed E-state index contributed by atoms with van der Waals surface area (Å²) in [5.74, 6) is -3.82. The molecule has 1 atom stereocenters. The first-order chi connectivity index (χ1) is 7.46. The molecule has 0 saturated carbocycles. The molecule has 1 aromatic rings. The van der Waals surface area contributed by atoms with Crippen molar-refractivity contribution in [1.29, 1.82) is 0 Å². The van der Waals surface area contributed by atoms with Crippen LogP contribution < -0.4 is 5.73 Å². The molecule has 0 bridgehead atoms. The van der Waals surface area contributed by atoms with Crippen LogP contribution in [0, 0.1) is 17.5 Å². The maximum absolute atomic E-state index is 13.6. The lowest BCUT2D eigenvalue weighted by Crippen LogP contribution is -2.32. The van der Waals surface area contributed by atoms with Crippen molar-refractivity contribution in [3.8, 4) is 0 Å². The smallest absolute Gasteiger partial charge is 0.194 e. The molecule has 0 amide bonds. The summed E-state index contributed by atoms with van der Waals surface area (Å²) in [5, 5.41) is 0. The molecule has 0 spiro atoms. The molecule has 88 valence electrons. The number of hydrogen-bond acceptors (Lipinski definition) is 1. The third-order valence-corrected chi connectivity index (χ3v) is 2.73. The third kappa shape index (κ3) is 2.11. The van der Waals surface area contributed by atoms with Gasteiger partial charge in [-0.25, -0.2) is 13.2 Å². The van der Waals surface area contributed by atoms with Gasteiger partial charge in [0, 0.05) is 12.0 Å². The van der Waals surface area contributed by atoms with Gasteiger partial charge in [-0.15, -0.1) is 6.58 Å². The number of halogens is 3. The fourth-order valence-electron chi connectivity index (χ4n) is 1.61. The zero-order valence-corrected chi connectivity index (χ0v) is 9.06. The van der Waals surface area contributed by atoms with Crippen LogP contribution in [0.5, 0.6) is 0 Å². The Balaban J connectivity index is 3.31. The normalized spacial score (nSPS) is 14.6. The molecular weight excluding hydrogens is 215 g/mol. The summed E-state index contributed by atoms with van der Waals surface area (Å²) >= 11 is 0. The molecule has 0 aliphatic rings. The lowest BCUT2D eigenvalue weighted by molar-refractivity contribution is 0.405. The van der Waals surface area contributed by atoms with Gasteiger partial charge in [0.2, 0.25) is 0 Å². The molecule has 0 saturated heterocycles. The van der Waals surface area contributed by atoms with E-state index in [0.717, 1.165) is 6.07 Å². The molecule has 1 rings (SSSR count). The fraction of sp³-hybridized carbons (Fsp3) is 0.333. The first kappa shape index (κ1) is 12.8. The lowest BCUT2D eigenvalue weighted by Gasteiger charge is -2.27. The molecule has 0 fully saturated rings. The first-order valence-electron chi connectivity index (χ1n) is 4.91. The van der Waals surface area contributed by atoms with E-state index in [-0.39, 0.29) is 12.1 Å². The summed E-state index contributed by atoms with van der Waals surface area (Å²) in [6.45, 7) is 5.35. The highest BCUT2D eigenvalue weighted by atomic mass is 19.2. The summed E-state index contributed by atoms with van der Waals surface area (Å²) < 4.78 is 39.4. The van der Waals surface area contributed by atoms with Gasteiger partial charge in [-0.05, 0) is 18.1 Å². The Kier molecular flexibility index (Phi) is 3.75. The molecule has 1 unspecified atom stereocenters. The summed E-state index contributed by atoms with van der Waals surface area (Å²) in [7, 11) is 0. The predicted octanol–water partition coefficient (Wildman–Crippen LogP) is 2.90. The zero-order valence-electron chi connectivity index (χ0n) is 9.06. The second-order valence-corrected chi connectivity index (χ2v) is 3.98. The van der Waals surface area contributed by atoms with Crippen LogP contribution in [0.15, 0.2) is 24.8 Å². The second kappa shape index (κ2) is 4.70. The van der Waals surface area contributed by atoms with Crippen molar-refractivity contribution in [3.05, 3.63) is 47.8 Å². The van der Waals surface area contributed by atoms with Crippen molar-refractivity contribution in [2.45, 2.75) is 18.8 Å². The van der Waals surface area contributed by atoms with Crippen LogP contribution in [0.3, 0.4) is 0 Å². The quantitative estimate of drug-likeness (QED) is 0.623. The van der Waals surface area contributed by atoms with Crippen molar-refractivity contribution in [2.75, 3.05) is 6.54 Å². The number of hydrogen-bond donors (Lipinski definition) is 1. The van der Waals surface area contributed by atoms with Crippen molar-refractivity contribution in [3.63, 3.8) is 0 Å². The van der Waals surface area contributed by atoms with Gasteiger partial charge in [-0.2, -0.15) is 0 Å². The van der Waals surface area contributed by atoms with Crippen LogP contribution in [0.2, 0.25) is 0 Å². The Hall–Kier alpha value is -1.29. The highest BCUT2D eigenvalue weighted by Gasteiger charge is 2.29. The molecule has 0 heterocycles. The van der Waals surface area contributed by atoms with E-state index < -0.39 is 22.9 Å². The standard InChI is InChI=1S/C12H14F3N/c1-3-6-12(2,7-16)8-4-5-9(13)11(15)10(8)14/h3-5H,1,6-7,16H2,2H3. The maximum atomic E-state index is 13.6. The summed E-state index contributed by atoms with van der Waals surface area (Å²) in [5.41, 5.74) is 4.87. The zero-order chi connectivity index (χ0) is 12.3. The van der Waals surface area contributed by atoms with Gasteiger partial charge >= 0.3 is 0 Å².